The Hall–Kier alpha value is -5.79. The van der Waals surface area contributed by atoms with Gasteiger partial charge in [0.05, 0.1) is 17.5 Å². The Balaban J connectivity index is 0.903. The molecule has 7 unspecified atom stereocenters. The minimum atomic E-state index is -1.15. The van der Waals surface area contributed by atoms with Gasteiger partial charge in [-0.3, -0.25) is 14.7 Å². The summed E-state index contributed by atoms with van der Waals surface area (Å²) in [5, 5.41) is 11.8. The Labute approximate surface area is 322 Å². The van der Waals surface area contributed by atoms with E-state index in [4.69, 9.17) is 30.1 Å². The number of nitrogens with one attached hydrogen (secondary N) is 1. The number of carbonyl (C=O) groups is 1. The number of hydrogen-bond donors (Lipinski definition) is 4. The van der Waals surface area contributed by atoms with E-state index in [1.54, 1.807) is 13.0 Å². The van der Waals surface area contributed by atoms with Crippen LogP contribution < -0.4 is 26.5 Å². The molecular weight excluding hydrogens is 713 g/mol. The molecular formula is C43H43N6O7+. The van der Waals surface area contributed by atoms with Crippen molar-refractivity contribution in [1.29, 1.82) is 0 Å². The maximum Gasteiger partial charge on any atom is 0.342 e. The summed E-state index contributed by atoms with van der Waals surface area (Å²) < 4.78 is 25.2. The maximum absolute atomic E-state index is 14.5. The number of rotatable bonds is 6. The Morgan fingerprint density at radius 1 is 1.02 bits per heavy atom. The number of fused-ring (bicyclic) bond motifs is 5. The van der Waals surface area contributed by atoms with Crippen molar-refractivity contribution in [2.24, 2.45) is 16.8 Å². The summed E-state index contributed by atoms with van der Waals surface area (Å²) in [7, 11) is 0. The minimum Gasteiger partial charge on any atom is -0.507 e. The fraction of sp³-hybridized carbons (Fsp3) is 0.372. The fourth-order valence-corrected chi connectivity index (χ4v) is 9.78. The molecule has 0 amide bonds. The number of allylic oxidation sites excluding steroid dienone is 2. The molecule has 286 valence electrons. The van der Waals surface area contributed by atoms with E-state index in [1.165, 1.54) is 16.5 Å². The van der Waals surface area contributed by atoms with E-state index in [1.807, 2.05) is 50.4 Å². The number of aliphatic imine (C=N–C) groups is 1. The van der Waals surface area contributed by atoms with Crippen molar-refractivity contribution in [2.75, 3.05) is 18.0 Å². The number of phenols is 1. The second-order valence-corrected chi connectivity index (χ2v) is 16.5. The molecule has 6 aliphatic heterocycles. The van der Waals surface area contributed by atoms with Gasteiger partial charge in [-0.25, -0.2) is 14.8 Å². The number of ether oxygens (including phenoxy) is 3. The Morgan fingerprint density at radius 3 is 2.66 bits per heavy atom. The lowest BCUT2D eigenvalue weighted by molar-refractivity contribution is -0.852. The van der Waals surface area contributed by atoms with Crippen LogP contribution in [0.5, 0.6) is 11.5 Å². The summed E-state index contributed by atoms with van der Waals surface area (Å²) in [5.74, 6) is 0.261. The van der Waals surface area contributed by atoms with E-state index >= 15 is 0 Å². The van der Waals surface area contributed by atoms with Crippen molar-refractivity contribution < 1.29 is 33.4 Å². The van der Waals surface area contributed by atoms with Crippen LogP contribution in [0.2, 0.25) is 0 Å². The van der Waals surface area contributed by atoms with Gasteiger partial charge in [0.2, 0.25) is 0 Å². The molecule has 3 aromatic heterocycles. The topological polar surface area (TPSA) is 193 Å². The molecule has 0 saturated carbocycles. The number of nitrogen functional groups attached to an aromatic ring is 2. The first-order chi connectivity index (χ1) is 26.9. The number of anilines is 2. The van der Waals surface area contributed by atoms with Gasteiger partial charge in [0.15, 0.2) is 11.0 Å². The number of quaternary nitrogens is 1. The largest absolute Gasteiger partial charge is 0.507 e. The quantitative estimate of drug-likeness (QED) is 0.125. The SMILES string of the molecule is Cc1cc(=O)c2c(O)c3c(cc2o1)OC(C)(C)C1OC(=O)C2(OC2CCc2cc(N)nc(-c4cc(N)nc(C[NH+]5C=C6N=CC=C6C5)c4)c2)C2C=CC(CC2)C31. The molecule has 2 fully saturated rings. The normalized spacial score (nSPS) is 29.1. The third-order valence-electron chi connectivity index (χ3n) is 12.3. The predicted molar refractivity (Wildman–Crippen MR) is 208 cm³/mol. The average molecular weight is 756 g/mol. The molecule has 11 rings (SSSR count). The molecule has 1 spiro atoms. The van der Waals surface area contributed by atoms with Crippen LogP contribution in [0, 0.1) is 18.8 Å². The van der Waals surface area contributed by atoms with Crippen molar-refractivity contribution in [1.82, 2.24) is 9.97 Å². The highest BCUT2D eigenvalue weighted by atomic mass is 16.7. The average Bonchev–Trinajstić information content (AvgIpc) is 3.48. The van der Waals surface area contributed by atoms with Gasteiger partial charge in [0.25, 0.3) is 0 Å². The first-order valence-electron chi connectivity index (χ1n) is 19.3. The molecule has 4 aromatic rings. The summed E-state index contributed by atoms with van der Waals surface area (Å²) >= 11 is 0. The standard InChI is InChI=1S/C43H42N6O7/c1-21-12-30(50)37-31(53-21)17-32-38(39(37)51)36-23-5-7-26(8-6-23)43(41(52)54-40(36)42(2,3)55-32)33(56-43)9-4-22-13-28(48-34(44)14-22)25-15-27(47-35(45)16-25)19-49-18-24-10-11-46-29(24)20-49/h5,7,10-17,20,23,26,33,36,40,51H,4,6,8-9,18-19H2,1-3H3,(H2,44,48)(H2,45,47)/p+1. The molecule has 2 saturated heterocycles. The number of aryl methyl sites for hydroxylation is 2. The molecule has 56 heavy (non-hydrogen) atoms. The third kappa shape index (κ3) is 5.54. The lowest BCUT2D eigenvalue weighted by atomic mass is 9.69. The van der Waals surface area contributed by atoms with Gasteiger partial charge in [-0.05, 0) is 88.3 Å². The number of epoxide rings is 1. The molecule has 13 heteroatoms. The predicted octanol–water partition coefficient (Wildman–Crippen LogP) is 4.21. The van der Waals surface area contributed by atoms with Crippen LogP contribution in [0.4, 0.5) is 11.6 Å². The van der Waals surface area contributed by atoms with Gasteiger partial charge in [-0.1, -0.05) is 12.2 Å². The molecule has 1 aliphatic carbocycles. The summed E-state index contributed by atoms with van der Waals surface area (Å²) in [6, 6.07) is 10.7. The highest BCUT2D eigenvalue weighted by Crippen LogP contribution is 2.58. The van der Waals surface area contributed by atoms with E-state index in [9.17, 15) is 14.7 Å². The van der Waals surface area contributed by atoms with Gasteiger partial charge in [-0.2, -0.15) is 0 Å². The first kappa shape index (κ1) is 34.7. The number of hydrogen-bond acceptors (Lipinski definition) is 12. The smallest absolute Gasteiger partial charge is 0.342 e. The van der Waals surface area contributed by atoms with Crippen LogP contribution >= 0.6 is 0 Å². The number of aromatic hydroxyl groups is 1. The second kappa shape index (κ2) is 12.4. The lowest BCUT2D eigenvalue weighted by Crippen LogP contribution is -3.04. The number of nitrogens with zero attached hydrogens (tertiary/aromatic N) is 3. The highest BCUT2D eigenvalue weighted by Gasteiger charge is 2.69. The number of benzene rings is 1. The van der Waals surface area contributed by atoms with Crippen LogP contribution in [0.15, 0.2) is 86.3 Å². The Morgan fingerprint density at radius 2 is 1.86 bits per heavy atom. The molecule has 13 nitrogen and oxygen atoms in total. The maximum atomic E-state index is 14.5. The summed E-state index contributed by atoms with van der Waals surface area (Å²) in [4.78, 5) is 42.5. The second-order valence-electron chi connectivity index (χ2n) is 16.5. The van der Waals surface area contributed by atoms with Crippen LogP contribution in [-0.2, 0) is 27.2 Å². The lowest BCUT2D eigenvalue weighted by Gasteiger charge is -2.46. The number of carbonyl (C=O) groups excluding carboxylic acids is 1. The molecule has 7 atom stereocenters. The minimum absolute atomic E-state index is 0.0832. The zero-order chi connectivity index (χ0) is 38.7. The van der Waals surface area contributed by atoms with Crippen LogP contribution in [0.25, 0.3) is 22.2 Å². The third-order valence-corrected chi connectivity index (χ3v) is 12.3. The number of nitrogens with two attached hydrogens (primary N) is 2. The van der Waals surface area contributed by atoms with Gasteiger partial charge in [0, 0.05) is 46.9 Å². The highest BCUT2D eigenvalue weighted by molar-refractivity contribution is 5.88. The Kier molecular flexibility index (Phi) is 7.65. The summed E-state index contributed by atoms with van der Waals surface area (Å²) in [6.07, 6.45) is 11.6. The molecule has 0 radical (unpaired) electrons. The fourth-order valence-electron chi connectivity index (χ4n) is 9.78. The molecule has 6 N–H and O–H groups in total. The molecule has 9 heterocycles. The number of phenolic OH excluding ortho intramolecular Hbond substituents is 1. The van der Waals surface area contributed by atoms with E-state index in [0.717, 1.165) is 35.5 Å². The molecule has 7 aliphatic rings. The zero-order valence-electron chi connectivity index (χ0n) is 31.4. The van der Waals surface area contributed by atoms with Gasteiger partial charge in [0.1, 0.15) is 76.6 Å². The number of pyridine rings is 2. The van der Waals surface area contributed by atoms with Crippen LogP contribution in [0.1, 0.15) is 61.6 Å². The van der Waals surface area contributed by atoms with Crippen molar-refractivity contribution in [3.8, 4) is 22.8 Å². The Bertz CT molecular complexity index is 2560. The van der Waals surface area contributed by atoms with E-state index in [0.29, 0.717) is 60.2 Å². The van der Waals surface area contributed by atoms with Gasteiger partial charge >= 0.3 is 5.97 Å². The van der Waals surface area contributed by atoms with E-state index in [-0.39, 0.29) is 40.1 Å². The zero-order valence-corrected chi connectivity index (χ0v) is 31.4. The molecule has 2 bridgehead atoms. The van der Waals surface area contributed by atoms with Gasteiger partial charge < -0.3 is 35.2 Å². The van der Waals surface area contributed by atoms with Crippen molar-refractivity contribution in [3.63, 3.8) is 0 Å². The summed E-state index contributed by atoms with van der Waals surface area (Å²) in [6.45, 7) is 6.96. The van der Waals surface area contributed by atoms with Crippen molar-refractivity contribution >= 4 is 34.8 Å². The number of esters is 1. The summed E-state index contributed by atoms with van der Waals surface area (Å²) in [5.41, 5.74) is 16.5. The van der Waals surface area contributed by atoms with Gasteiger partial charge in [-0.15, -0.1) is 0 Å². The number of aromatic nitrogens is 2. The first-order valence-corrected chi connectivity index (χ1v) is 19.3. The monoisotopic (exact) mass is 755 g/mol. The molecule has 1 aromatic carbocycles. The van der Waals surface area contributed by atoms with E-state index in [2.05, 4.69) is 33.3 Å². The van der Waals surface area contributed by atoms with E-state index < -0.39 is 29.2 Å². The van der Waals surface area contributed by atoms with Crippen LogP contribution in [-0.4, -0.2) is 57.2 Å². The van der Waals surface area contributed by atoms with Crippen molar-refractivity contribution in [3.05, 3.63) is 105 Å². The van der Waals surface area contributed by atoms with Crippen molar-refractivity contribution in [2.45, 2.75) is 82.3 Å². The van der Waals surface area contributed by atoms with Crippen LogP contribution in [0.3, 0.4) is 0 Å².